The monoisotopic (exact) mass is 169 g/mol. The van der Waals surface area contributed by atoms with Gasteiger partial charge in [-0.25, -0.2) is 0 Å². The van der Waals surface area contributed by atoms with Crippen molar-refractivity contribution in [2.45, 2.75) is 19.4 Å². The summed E-state index contributed by atoms with van der Waals surface area (Å²) >= 11 is 0. The van der Waals surface area contributed by atoms with E-state index >= 15 is 0 Å². The van der Waals surface area contributed by atoms with Gasteiger partial charge < -0.3 is 5.11 Å². The molecule has 0 aromatic rings. The van der Waals surface area contributed by atoms with Crippen LogP contribution in [0.25, 0.3) is 0 Å². The second kappa shape index (κ2) is 2.71. The zero-order valence-electron chi connectivity index (χ0n) is 7.02. The summed E-state index contributed by atoms with van der Waals surface area (Å²) < 4.78 is 0. The fourth-order valence-corrected chi connectivity index (χ4v) is 1.15. The van der Waals surface area contributed by atoms with Crippen molar-refractivity contribution in [3.63, 3.8) is 0 Å². The standard InChI is InChI=1S/C8H11NO3/c1-6-7(9(11)12)4-3-5-8(6,2)10/h3-6,10H,1-2H3. The second-order valence-corrected chi connectivity index (χ2v) is 3.16. The Morgan fingerprint density at radius 1 is 1.75 bits per heavy atom. The Labute approximate surface area is 70.4 Å². The van der Waals surface area contributed by atoms with Gasteiger partial charge in [-0.05, 0) is 13.8 Å². The molecular formula is C8H11NO3. The van der Waals surface area contributed by atoms with E-state index in [-0.39, 0.29) is 5.70 Å². The van der Waals surface area contributed by atoms with Crippen LogP contribution in [0.4, 0.5) is 0 Å². The molecule has 2 atom stereocenters. The van der Waals surface area contributed by atoms with Crippen LogP contribution < -0.4 is 0 Å². The van der Waals surface area contributed by atoms with Gasteiger partial charge in [0.25, 0.3) is 5.70 Å². The molecule has 12 heavy (non-hydrogen) atoms. The number of nitro groups is 1. The van der Waals surface area contributed by atoms with E-state index in [9.17, 15) is 15.2 Å². The van der Waals surface area contributed by atoms with E-state index in [4.69, 9.17) is 0 Å². The van der Waals surface area contributed by atoms with E-state index in [1.54, 1.807) is 19.9 Å². The first-order valence-electron chi connectivity index (χ1n) is 3.71. The van der Waals surface area contributed by atoms with E-state index in [2.05, 4.69) is 0 Å². The minimum atomic E-state index is -1.10. The van der Waals surface area contributed by atoms with Crippen molar-refractivity contribution in [2.75, 3.05) is 0 Å². The maximum absolute atomic E-state index is 10.4. The Kier molecular flexibility index (Phi) is 2.02. The smallest absolute Gasteiger partial charge is 0.252 e. The Morgan fingerprint density at radius 2 is 2.33 bits per heavy atom. The first-order chi connectivity index (χ1) is 5.45. The summed E-state index contributed by atoms with van der Waals surface area (Å²) in [6.45, 7) is 3.20. The molecule has 0 bridgehead atoms. The third-order valence-electron chi connectivity index (χ3n) is 2.23. The van der Waals surface area contributed by atoms with Gasteiger partial charge in [-0.15, -0.1) is 0 Å². The van der Waals surface area contributed by atoms with Gasteiger partial charge in [-0.1, -0.05) is 12.2 Å². The molecule has 0 aliphatic heterocycles. The largest absolute Gasteiger partial charge is 0.385 e. The van der Waals surface area contributed by atoms with Crippen molar-refractivity contribution in [2.24, 2.45) is 5.92 Å². The molecule has 0 radical (unpaired) electrons. The van der Waals surface area contributed by atoms with Gasteiger partial charge in [0.2, 0.25) is 0 Å². The predicted octanol–water partition coefficient (Wildman–Crippen LogP) is 1.10. The van der Waals surface area contributed by atoms with Crippen molar-refractivity contribution in [1.29, 1.82) is 0 Å². The molecule has 0 aromatic heterocycles. The molecule has 0 fully saturated rings. The molecular weight excluding hydrogens is 158 g/mol. The van der Waals surface area contributed by atoms with Crippen LogP contribution in [0.5, 0.6) is 0 Å². The van der Waals surface area contributed by atoms with Gasteiger partial charge in [-0.2, -0.15) is 0 Å². The number of rotatable bonds is 1. The van der Waals surface area contributed by atoms with Crippen LogP contribution in [0.15, 0.2) is 23.9 Å². The summed E-state index contributed by atoms with van der Waals surface area (Å²) in [5.41, 5.74) is -1.04. The molecule has 0 aromatic carbocycles. The molecule has 4 heteroatoms. The lowest BCUT2D eigenvalue weighted by Gasteiger charge is -2.26. The van der Waals surface area contributed by atoms with Crippen LogP contribution in [0.2, 0.25) is 0 Å². The van der Waals surface area contributed by atoms with Crippen LogP contribution in [0.3, 0.4) is 0 Å². The highest BCUT2D eigenvalue weighted by molar-refractivity contribution is 5.23. The first kappa shape index (κ1) is 8.93. The average Bonchev–Trinajstić information content (AvgIpc) is 1.94. The molecule has 0 saturated carbocycles. The molecule has 0 saturated heterocycles. The van der Waals surface area contributed by atoms with E-state index in [0.29, 0.717) is 0 Å². The highest BCUT2D eigenvalue weighted by atomic mass is 16.6. The van der Waals surface area contributed by atoms with Gasteiger partial charge in [0.05, 0.1) is 16.4 Å². The van der Waals surface area contributed by atoms with E-state index in [1.165, 1.54) is 12.2 Å². The lowest BCUT2D eigenvalue weighted by Crippen LogP contribution is -2.35. The highest BCUT2D eigenvalue weighted by Crippen LogP contribution is 2.29. The molecule has 1 rings (SSSR count). The quantitative estimate of drug-likeness (QED) is 0.472. The minimum absolute atomic E-state index is 0.0579. The SMILES string of the molecule is CC1C([N+](=O)[O-])=CC=CC1(C)O. The molecule has 1 aliphatic carbocycles. The molecule has 0 heterocycles. The number of hydrogen-bond acceptors (Lipinski definition) is 3. The molecule has 2 unspecified atom stereocenters. The van der Waals surface area contributed by atoms with Crippen LogP contribution in [-0.4, -0.2) is 15.6 Å². The highest BCUT2D eigenvalue weighted by Gasteiger charge is 2.36. The molecule has 0 amide bonds. The minimum Gasteiger partial charge on any atom is -0.385 e. The maximum atomic E-state index is 10.4. The Bertz CT molecular complexity index is 265. The molecule has 66 valence electrons. The molecule has 1 N–H and O–H groups in total. The zero-order valence-corrected chi connectivity index (χ0v) is 7.02. The van der Waals surface area contributed by atoms with Crippen molar-refractivity contribution < 1.29 is 10.0 Å². The lowest BCUT2D eigenvalue weighted by atomic mass is 9.85. The Balaban J connectivity index is 2.99. The average molecular weight is 169 g/mol. The van der Waals surface area contributed by atoms with Crippen LogP contribution in [0.1, 0.15) is 13.8 Å². The number of nitrogens with zero attached hydrogens (tertiary/aromatic N) is 1. The molecule has 1 aliphatic rings. The van der Waals surface area contributed by atoms with Crippen molar-refractivity contribution in [3.8, 4) is 0 Å². The third kappa shape index (κ3) is 1.38. The van der Waals surface area contributed by atoms with Crippen molar-refractivity contribution in [1.82, 2.24) is 0 Å². The van der Waals surface area contributed by atoms with E-state index < -0.39 is 16.4 Å². The topological polar surface area (TPSA) is 63.4 Å². The van der Waals surface area contributed by atoms with Gasteiger partial charge in [0.15, 0.2) is 0 Å². The zero-order chi connectivity index (χ0) is 9.35. The number of aliphatic hydroxyl groups is 1. The van der Waals surface area contributed by atoms with Gasteiger partial charge in [-0.3, -0.25) is 10.1 Å². The van der Waals surface area contributed by atoms with Crippen LogP contribution in [0, 0.1) is 16.0 Å². The van der Waals surface area contributed by atoms with Gasteiger partial charge >= 0.3 is 0 Å². The summed E-state index contributed by atoms with van der Waals surface area (Å²) in [4.78, 5) is 9.99. The van der Waals surface area contributed by atoms with Gasteiger partial charge in [0, 0.05) is 6.08 Å². The van der Waals surface area contributed by atoms with Crippen molar-refractivity contribution in [3.05, 3.63) is 34.0 Å². The van der Waals surface area contributed by atoms with Gasteiger partial charge in [0.1, 0.15) is 0 Å². The summed E-state index contributed by atoms with van der Waals surface area (Å²) in [6.07, 6.45) is 4.49. The normalized spacial score (nSPS) is 34.6. The Hall–Kier alpha value is -1.16. The number of hydrogen-bond donors (Lipinski definition) is 1. The summed E-state index contributed by atoms with van der Waals surface area (Å²) in [5, 5.41) is 20.1. The summed E-state index contributed by atoms with van der Waals surface area (Å²) in [5.74, 6) is -0.461. The predicted molar refractivity (Wildman–Crippen MR) is 44.0 cm³/mol. The van der Waals surface area contributed by atoms with Crippen molar-refractivity contribution >= 4 is 0 Å². The second-order valence-electron chi connectivity index (χ2n) is 3.16. The first-order valence-corrected chi connectivity index (χ1v) is 3.71. The molecule has 0 spiro atoms. The molecule has 4 nitrogen and oxygen atoms in total. The number of allylic oxidation sites excluding steroid dienone is 2. The van der Waals surface area contributed by atoms with Crippen LogP contribution >= 0.6 is 0 Å². The fraction of sp³-hybridized carbons (Fsp3) is 0.500. The third-order valence-corrected chi connectivity index (χ3v) is 2.23. The maximum Gasteiger partial charge on any atom is 0.252 e. The fourth-order valence-electron chi connectivity index (χ4n) is 1.15. The van der Waals surface area contributed by atoms with E-state index in [1.807, 2.05) is 0 Å². The summed E-state index contributed by atoms with van der Waals surface area (Å²) in [7, 11) is 0. The van der Waals surface area contributed by atoms with E-state index in [0.717, 1.165) is 0 Å². The lowest BCUT2D eigenvalue weighted by molar-refractivity contribution is -0.436. The summed E-state index contributed by atoms with van der Waals surface area (Å²) in [6, 6.07) is 0. The Morgan fingerprint density at radius 3 is 2.75 bits per heavy atom. The van der Waals surface area contributed by atoms with Crippen LogP contribution in [-0.2, 0) is 0 Å².